The molecule has 64 valence electrons. The van der Waals surface area contributed by atoms with E-state index in [0.29, 0.717) is 13.0 Å². The van der Waals surface area contributed by atoms with Gasteiger partial charge in [0.2, 0.25) is 5.91 Å². The zero-order valence-electron chi connectivity index (χ0n) is 6.36. The predicted molar refractivity (Wildman–Crippen MR) is 43.8 cm³/mol. The van der Waals surface area contributed by atoms with E-state index in [2.05, 4.69) is 0 Å². The van der Waals surface area contributed by atoms with Gasteiger partial charge in [0.15, 0.2) is 0 Å². The van der Waals surface area contributed by atoms with Gasteiger partial charge in [-0.1, -0.05) is 11.9 Å². The van der Waals surface area contributed by atoms with Crippen molar-refractivity contribution < 1.29 is 9.90 Å². The predicted octanol–water partition coefficient (Wildman–Crippen LogP) is -0.815. The summed E-state index contributed by atoms with van der Waals surface area (Å²) < 4.78 is 1.81. The highest BCUT2D eigenvalue weighted by molar-refractivity contribution is 7.96. The number of aliphatic hydroxyl groups is 1. The van der Waals surface area contributed by atoms with Gasteiger partial charge in [0.25, 0.3) is 0 Å². The molecule has 2 atom stereocenters. The third-order valence-electron chi connectivity index (χ3n) is 1.80. The number of aliphatic hydroxyl groups excluding tert-OH is 1. The Labute approximate surface area is 69.9 Å². The van der Waals surface area contributed by atoms with Gasteiger partial charge in [-0.15, -0.1) is 0 Å². The van der Waals surface area contributed by atoms with Crippen molar-refractivity contribution in [3.63, 3.8) is 0 Å². The third-order valence-corrected chi connectivity index (χ3v) is 2.67. The number of carbonyl (C=O) groups is 1. The van der Waals surface area contributed by atoms with Crippen LogP contribution in [0.1, 0.15) is 6.42 Å². The molecule has 1 rings (SSSR count). The van der Waals surface area contributed by atoms with Crippen LogP contribution in [0.5, 0.6) is 0 Å². The Bertz CT molecular complexity index is 165. The monoisotopic (exact) mass is 176 g/mol. The summed E-state index contributed by atoms with van der Waals surface area (Å²) in [5, 5.41) is 9.19. The summed E-state index contributed by atoms with van der Waals surface area (Å²) in [6.45, 7) is 0.536. The van der Waals surface area contributed by atoms with Crippen LogP contribution in [-0.4, -0.2) is 40.3 Å². The number of hydrogen-bond acceptors (Lipinski definition) is 4. The molecule has 0 aromatic carbocycles. The van der Waals surface area contributed by atoms with E-state index in [1.165, 1.54) is 11.9 Å². The fourth-order valence-electron chi connectivity index (χ4n) is 1.24. The van der Waals surface area contributed by atoms with E-state index in [-0.39, 0.29) is 11.9 Å². The summed E-state index contributed by atoms with van der Waals surface area (Å²) in [5.41, 5.74) is 5.12. The second-order valence-electron chi connectivity index (χ2n) is 2.59. The minimum absolute atomic E-state index is 0.292. The van der Waals surface area contributed by atoms with Crippen molar-refractivity contribution in [2.24, 2.45) is 5.73 Å². The highest BCUT2D eigenvalue weighted by atomic mass is 32.2. The minimum atomic E-state index is -0.403. The fourth-order valence-corrected chi connectivity index (χ4v) is 2.01. The summed E-state index contributed by atoms with van der Waals surface area (Å²) in [7, 11) is 0. The second-order valence-corrected chi connectivity index (χ2v) is 3.42. The lowest BCUT2D eigenvalue weighted by molar-refractivity contribution is -0.120. The van der Waals surface area contributed by atoms with Gasteiger partial charge in [-0.25, -0.2) is 4.31 Å². The molecule has 0 radical (unpaired) electrons. The van der Waals surface area contributed by atoms with Gasteiger partial charge >= 0.3 is 0 Å². The first kappa shape index (κ1) is 8.83. The Balaban J connectivity index is 2.57. The average molecular weight is 176 g/mol. The summed E-state index contributed by atoms with van der Waals surface area (Å²) >= 11 is 1.45. The van der Waals surface area contributed by atoms with Crippen LogP contribution in [0.2, 0.25) is 0 Å². The smallest absolute Gasteiger partial charge is 0.235 e. The topological polar surface area (TPSA) is 66.6 Å². The van der Waals surface area contributed by atoms with Gasteiger partial charge in [0.1, 0.15) is 6.04 Å². The molecule has 11 heavy (non-hydrogen) atoms. The minimum Gasteiger partial charge on any atom is -0.392 e. The molecule has 0 saturated carbocycles. The summed E-state index contributed by atoms with van der Waals surface area (Å²) in [6.07, 6.45) is 1.93. The quantitative estimate of drug-likeness (QED) is 0.540. The number of nitrogens with two attached hydrogens (primary N) is 1. The van der Waals surface area contributed by atoms with Crippen molar-refractivity contribution in [1.29, 1.82) is 0 Å². The molecule has 1 amide bonds. The first-order valence-electron chi connectivity index (χ1n) is 3.43. The van der Waals surface area contributed by atoms with Crippen LogP contribution in [0.4, 0.5) is 0 Å². The van der Waals surface area contributed by atoms with Crippen LogP contribution >= 0.6 is 11.9 Å². The summed E-state index contributed by atoms with van der Waals surface area (Å²) in [4.78, 5) is 10.8. The van der Waals surface area contributed by atoms with Crippen molar-refractivity contribution in [2.75, 3.05) is 12.8 Å². The van der Waals surface area contributed by atoms with Gasteiger partial charge in [-0.2, -0.15) is 0 Å². The van der Waals surface area contributed by atoms with E-state index in [0.717, 1.165) is 0 Å². The number of β-amino-alcohol motifs (C(OH)–C–C–N with tert-alkyl or cyclic N) is 1. The van der Waals surface area contributed by atoms with E-state index in [1.807, 2.05) is 10.6 Å². The van der Waals surface area contributed by atoms with Gasteiger partial charge < -0.3 is 10.8 Å². The van der Waals surface area contributed by atoms with E-state index in [1.54, 1.807) is 0 Å². The van der Waals surface area contributed by atoms with Crippen molar-refractivity contribution in [3.05, 3.63) is 0 Å². The lowest BCUT2D eigenvalue weighted by Crippen LogP contribution is -2.36. The Morgan fingerprint density at radius 1 is 1.82 bits per heavy atom. The van der Waals surface area contributed by atoms with E-state index >= 15 is 0 Å². The molecule has 0 aromatic heterocycles. The average Bonchev–Trinajstić information content (AvgIpc) is 2.30. The Morgan fingerprint density at radius 3 is 2.82 bits per heavy atom. The normalized spacial score (nSPS) is 32.5. The molecule has 1 aliphatic heterocycles. The van der Waals surface area contributed by atoms with E-state index in [9.17, 15) is 9.90 Å². The van der Waals surface area contributed by atoms with Crippen LogP contribution in [-0.2, 0) is 4.79 Å². The maximum atomic E-state index is 10.8. The maximum Gasteiger partial charge on any atom is 0.235 e. The zero-order chi connectivity index (χ0) is 8.43. The Kier molecular flexibility index (Phi) is 2.75. The highest BCUT2D eigenvalue weighted by Crippen LogP contribution is 2.23. The molecule has 1 saturated heterocycles. The molecule has 1 aliphatic rings. The number of primary amides is 1. The second kappa shape index (κ2) is 3.42. The lowest BCUT2D eigenvalue weighted by Gasteiger charge is -2.16. The fraction of sp³-hybridized carbons (Fsp3) is 0.833. The van der Waals surface area contributed by atoms with Crippen LogP contribution < -0.4 is 5.73 Å². The Hall–Kier alpha value is -0.260. The number of amides is 1. The molecule has 5 heteroatoms. The van der Waals surface area contributed by atoms with Crippen LogP contribution in [0.15, 0.2) is 0 Å². The first-order chi connectivity index (χ1) is 5.15. The van der Waals surface area contributed by atoms with Gasteiger partial charge in [-0.3, -0.25) is 4.79 Å². The molecule has 0 bridgehead atoms. The van der Waals surface area contributed by atoms with E-state index in [4.69, 9.17) is 5.73 Å². The SMILES string of the molecule is CSN1C[C@H](O)C[C@H]1C(N)=O. The first-order valence-corrected chi connectivity index (χ1v) is 4.61. The van der Waals surface area contributed by atoms with Crippen molar-refractivity contribution in [1.82, 2.24) is 4.31 Å². The molecular weight excluding hydrogens is 164 g/mol. The molecular formula is C6H12N2O2S. The molecule has 1 heterocycles. The molecule has 3 N–H and O–H groups in total. The van der Waals surface area contributed by atoms with Crippen LogP contribution in [0.25, 0.3) is 0 Å². The van der Waals surface area contributed by atoms with Gasteiger partial charge in [0.05, 0.1) is 6.10 Å². The van der Waals surface area contributed by atoms with Crippen molar-refractivity contribution >= 4 is 17.9 Å². The highest BCUT2D eigenvalue weighted by Gasteiger charge is 2.34. The van der Waals surface area contributed by atoms with Gasteiger partial charge in [-0.05, 0) is 12.7 Å². The molecule has 4 nitrogen and oxygen atoms in total. The lowest BCUT2D eigenvalue weighted by atomic mass is 10.2. The Morgan fingerprint density at radius 2 is 2.45 bits per heavy atom. The number of hydrogen-bond donors (Lipinski definition) is 2. The largest absolute Gasteiger partial charge is 0.392 e. The van der Waals surface area contributed by atoms with Crippen LogP contribution in [0.3, 0.4) is 0 Å². The molecule has 0 spiro atoms. The molecule has 0 unspecified atom stereocenters. The number of rotatable bonds is 2. The molecule has 0 aromatic rings. The van der Waals surface area contributed by atoms with Crippen molar-refractivity contribution in [3.8, 4) is 0 Å². The maximum absolute atomic E-state index is 10.8. The van der Waals surface area contributed by atoms with Crippen LogP contribution in [0, 0.1) is 0 Å². The molecule has 0 aliphatic carbocycles. The summed E-state index contributed by atoms with van der Waals surface area (Å²) in [6, 6.07) is -0.292. The third kappa shape index (κ3) is 1.85. The van der Waals surface area contributed by atoms with E-state index < -0.39 is 6.10 Å². The summed E-state index contributed by atoms with van der Waals surface area (Å²) in [5.74, 6) is -0.351. The number of nitrogens with zero attached hydrogens (tertiary/aromatic N) is 1. The molecule has 1 fully saturated rings. The van der Waals surface area contributed by atoms with Gasteiger partial charge in [0, 0.05) is 6.54 Å². The number of carbonyl (C=O) groups excluding carboxylic acids is 1. The zero-order valence-corrected chi connectivity index (χ0v) is 7.17. The standard InChI is InChI=1S/C6H12N2O2S/c1-11-8-3-4(9)2-5(8)6(7)10/h4-5,9H,2-3H2,1H3,(H2,7,10)/t4-,5+/m1/s1. The van der Waals surface area contributed by atoms with Crippen molar-refractivity contribution in [2.45, 2.75) is 18.6 Å².